The third kappa shape index (κ3) is 2.44. The van der Waals surface area contributed by atoms with Crippen molar-refractivity contribution in [3.63, 3.8) is 0 Å². The molecule has 0 bridgehead atoms. The van der Waals surface area contributed by atoms with Gasteiger partial charge in [-0.1, -0.05) is 12.2 Å². The van der Waals surface area contributed by atoms with Crippen LogP contribution in [-0.4, -0.2) is 23.4 Å². The zero-order chi connectivity index (χ0) is 9.68. The first-order valence-corrected chi connectivity index (χ1v) is 4.85. The van der Waals surface area contributed by atoms with Gasteiger partial charge in [-0.15, -0.1) is 6.58 Å². The molecule has 1 aliphatic heterocycles. The van der Waals surface area contributed by atoms with E-state index in [4.69, 9.17) is 0 Å². The van der Waals surface area contributed by atoms with Crippen LogP contribution in [0.1, 0.15) is 26.2 Å². The maximum atomic E-state index is 11.6. The molecule has 1 saturated heterocycles. The zero-order valence-electron chi connectivity index (χ0n) is 8.20. The second kappa shape index (κ2) is 4.85. The summed E-state index contributed by atoms with van der Waals surface area (Å²) in [6.07, 6.45) is 8.68. The molecule has 0 saturated carbocycles. The molecule has 0 aromatic rings. The first-order chi connectivity index (χ1) is 6.29. The Kier molecular flexibility index (Phi) is 3.74. The Labute approximate surface area is 79.9 Å². The van der Waals surface area contributed by atoms with E-state index in [1.54, 1.807) is 12.2 Å². The van der Waals surface area contributed by atoms with E-state index in [2.05, 4.69) is 6.58 Å². The third-order valence-electron chi connectivity index (χ3n) is 2.41. The van der Waals surface area contributed by atoms with Crippen molar-refractivity contribution in [2.45, 2.75) is 32.2 Å². The van der Waals surface area contributed by atoms with Crippen molar-refractivity contribution in [2.75, 3.05) is 6.54 Å². The number of hydrogen-bond donors (Lipinski definition) is 0. The Morgan fingerprint density at radius 1 is 1.54 bits per heavy atom. The molecule has 0 spiro atoms. The summed E-state index contributed by atoms with van der Waals surface area (Å²) in [5, 5.41) is 0. The molecule has 0 radical (unpaired) electrons. The average molecular weight is 179 g/mol. The molecular weight excluding hydrogens is 162 g/mol. The minimum atomic E-state index is 0.118. The highest BCUT2D eigenvalue weighted by molar-refractivity contribution is 5.88. The molecule has 2 nitrogen and oxygen atoms in total. The Balaban J connectivity index is 2.63. The van der Waals surface area contributed by atoms with Gasteiger partial charge in [-0.25, -0.2) is 0 Å². The predicted molar refractivity (Wildman–Crippen MR) is 54.4 cm³/mol. The van der Waals surface area contributed by atoms with Crippen LogP contribution < -0.4 is 0 Å². The normalized spacial score (nSPS) is 23.5. The van der Waals surface area contributed by atoms with Gasteiger partial charge in [0, 0.05) is 6.54 Å². The molecule has 2 heteroatoms. The summed E-state index contributed by atoms with van der Waals surface area (Å²) < 4.78 is 0. The number of carbonyl (C=O) groups is 1. The number of amides is 1. The number of allylic oxidation sites excluding steroid dienone is 1. The maximum absolute atomic E-state index is 11.6. The van der Waals surface area contributed by atoms with Crippen LogP contribution in [0.25, 0.3) is 0 Å². The van der Waals surface area contributed by atoms with Gasteiger partial charge in [-0.2, -0.15) is 0 Å². The minimum absolute atomic E-state index is 0.118. The lowest BCUT2D eigenvalue weighted by Crippen LogP contribution is -2.41. The Morgan fingerprint density at radius 3 is 2.92 bits per heavy atom. The van der Waals surface area contributed by atoms with Gasteiger partial charge in [-0.05, 0) is 32.3 Å². The Hall–Kier alpha value is -1.05. The molecule has 0 aliphatic carbocycles. The number of hydrogen-bond acceptors (Lipinski definition) is 1. The molecule has 1 heterocycles. The van der Waals surface area contributed by atoms with Crippen LogP contribution in [-0.2, 0) is 4.79 Å². The minimum Gasteiger partial charge on any atom is -0.333 e. The van der Waals surface area contributed by atoms with Gasteiger partial charge in [-0.3, -0.25) is 4.79 Å². The molecule has 0 aromatic carbocycles. The third-order valence-corrected chi connectivity index (χ3v) is 2.41. The van der Waals surface area contributed by atoms with Crippen molar-refractivity contribution in [2.24, 2.45) is 0 Å². The topological polar surface area (TPSA) is 20.3 Å². The highest BCUT2D eigenvalue weighted by Crippen LogP contribution is 2.17. The first-order valence-electron chi connectivity index (χ1n) is 4.85. The summed E-state index contributed by atoms with van der Waals surface area (Å²) in [5.41, 5.74) is 0. The predicted octanol–water partition coefficient (Wildman–Crippen LogP) is 2.13. The SMILES string of the molecule is C=CC1CCCCN1C(=O)/C=C/C. The molecule has 72 valence electrons. The fourth-order valence-electron chi connectivity index (χ4n) is 1.71. The van der Waals surface area contributed by atoms with Crippen molar-refractivity contribution in [1.29, 1.82) is 0 Å². The highest BCUT2D eigenvalue weighted by Gasteiger charge is 2.22. The average Bonchev–Trinajstić information content (AvgIpc) is 2.18. The Morgan fingerprint density at radius 2 is 2.31 bits per heavy atom. The van der Waals surface area contributed by atoms with Gasteiger partial charge >= 0.3 is 0 Å². The van der Waals surface area contributed by atoms with E-state index in [0.29, 0.717) is 0 Å². The van der Waals surface area contributed by atoms with Gasteiger partial charge < -0.3 is 4.90 Å². The zero-order valence-corrected chi connectivity index (χ0v) is 8.20. The van der Waals surface area contributed by atoms with Crippen LogP contribution in [0.4, 0.5) is 0 Å². The molecule has 1 unspecified atom stereocenters. The van der Waals surface area contributed by atoms with Gasteiger partial charge in [0.25, 0.3) is 0 Å². The number of carbonyl (C=O) groups excluding carboxylic acids is 1. The van der Waals surface area contributed by atoms with E-state index in [1.807, 2.05) is 17.9 Å². The smallest absolute Gasteiger partial charge is 0.246 e. The number of rotatable bonds is 2. The molecule has 1 aliphatic rings. The lowest BCUT2D eigenvalue weighted by Gasteiger charge is -2.33. The molecule has 1 rings (SSSR count). The summed E-state index contributed by atoms with van der Waals surface area (Å²) in [4.78, 5) is 13.5. The quantitative estimate of drug-likeness (QED) is 0.469. The molecule has 13 heavy (non-hydrogen) atoms. The van der Waals surface area contributed by atoms with E-state index in [-0.39, 0.29) is 11.9 Å². The molecule has 1 amide bonds. The van der Waals surface area contributed by atoms with Gasteiger partial charge in [0.2, 0.25) is 5.91 Å². The fraction of sp³-hybridized carbons (Fsp3) is 0.545. The van der Waals surface area contributed by atoms with E-state index >= 15 is 0 Å². The molecule has 0 aromatic heterocycles. The van der Waals surface area contributed by atoms with Gasteiger partial charge in [0.05, 0.1) is 6.04 Å². The van der Waals surface area contributed by atoms with Crippen LogP contribution in [0.2, 0.25) is 0 Å². The number of likely N-dealkylation sites (tertiary alicyclic amines) is 1. The summed E-state index contributed by atoms with van der Waals surface area (Å²) in [6, 6.07) is 0.248. The van der Waals surface area contributed by atoms with Crippen molar-refractivity contribution < 1.29 is 4.79 Å². The largest absolute Gasteiger partial charge is 0.333 e. The monoisotopic (exact) mass is 179 g/mol. The van der Waals surface area contributed by atoms with E-state index in [9.17, 15) is 4.79 Å². The van der Waals surface area contributed by atoms with E-state index < -0.39 is 0 Å². The maximum Gasteiger partial charge on any atom is 0.246 e. The number of piperidine rings is 1. The summed E-state index contributed by atoms with van der Waals surface area (Å²) in [7, 11) is 0. The van der Waals surface area contributed by atoms with E-state index in [1.165, 1.54) is 6.42 Å². The molecular formula is C11H17NO. The van der Waals surface area contributed by atoms with E-state index in [0.717, 1.165) is 19.4 Å². The Bertz CT molecular complexity index is 220. The van der Waals surface area contributed by atoms with Crippen LogP contribution in [0.5, 0.6) is 0 Å². The standard InChI is InChI=1S/C11H17NO/c1-3-7-11(13)12-9-6-5-8-10(12)4-2/h3-4,7,10H,2,5-6,8-9H2,1H3/b7-3+. The van der Waals surface area contributed by atoms with Crippen LogP contribution in [0, 0.1) is 0 Å². The van der Waals surface area contributed by atoms with Crippen LogP contribution in [0.3, 0.4) is 0 Å². The first kappa shape index (κ1) is 10.0. The highest BCUT2D eigenvalue weighted by atomic mass is 16.2. The molecule has 0 N–H and O–H groups in total. The summed E-state index contributed by atoms with van der Waals surface area (Å²) >= 11 is 0. The lowest BCUT2D eigenvalue weighted by molar-refractivity contribution is -0.128. The molecule has 1 fully saturated rings. The summed E-state index contributed by atoms with van der Waals surface area (Å²) in [5.74, 6) is 0.118. The summed E-state index contributed by atoms with van der Waals surface area (Å²) in [6.45, 7) is 6.50. The van der Waals surface area contributed by atoms with Crippen molar-refractivity contribution in [1.82, 2.24) is 4.90 Å². The fourth-order valence-corrected chi connectivity index (χ4v) is 1.71. The van der Waals surface area contributed by atoms with Gasteiger partial charge in [0.15, 0.2) is 0 Å². The van der Waals surface area contributed by atoms with Gasteiger partial charge in [0.1, 0.15) is 0 Å². The van der Waals surface area contributed by atoms with Crippen molar-refractivity contribution in [3.8, 4) is 0 Å². The molecule has 1 atom stereocenters. The lowest BCUT2D eigenvalue weighted by atomic mass is 10.0. The second-order valence-corrected chi connectivity index (χ2v) is 3.33. The second-order valence-electron chi connectivity index (χ2n) is 3.33. The van der Waals surface area contributed by atoms with Crippen molar-refractivity contribution in [3.05, 3.63) is 24.8 Å². The van der Waals surface area contributed by atoms with Crippen LogP contribution in [0.15, 0.2) is 24.8 Å². The van der Waals surface area contributed by atoms with Crippen LogP contribution >= 0.6 is 0 Å². The van der Waals surface area contributed by atoms with Crippen molar-refractivity contribution >= 4 is 5.91 Å². The number of nitrogens with zero attached hydrogens (tertiary/aromatic N) is 1.